The predicted molar refractivity (Wildman–Crippen MR) is 237 cm³/mol. The summed E-state index contributed by atoms with van der Waals surface area (Å²) in [5.41, 5.74) is 2.32. The van der Waals surface area contributed by atoms with Crippen LogP contribution in [0.1, 0.15) is 96.4 Å². The standard InChI is InChI=1S/C49H61N3O8Si/c1-48(2,3)61(7,8)60-49-36(41(51(4)5)44-40(46(49)55)47(50-59-44)58-30-32-20-13-10-14-21-32)27-34-26-35-37(56-6)28-33(22-17-25-52-23-15-16-24-52)43(39(35)42(53)38(34)45(49)54)57-29-31-18-11-9-12-19-31/h9-14,18-21,28,34,36,41,53H,15-17,22-27,29-30H2,1-8H3/t34-,36-,41-,49?/m0/s1. The lowest BCUT2D eigenvalue weighted by Gasteiger charge is -2.55. The average Bonchev–Trinajstić information content (AvgIpc) is 3.91. The molecule has 4 aromatic rings. The maximum absolute atomic E-state index is 16.1. The zero-order valence-corrected chi connectivity index (χ0v) is 38.0. The maximum atomic E-state index is 16.1. The van der Waals surface area contributed by atoms with E-state index in [1.54, 1.807) is 7.11 Å². The summed E-state index contributed by atoms with van der Waals surface area (Å²) in [6, 6.07) is 21.1. The number of likely N-dealkylation sites (tertiary alicyclic amines) is 1. The van der Waals surface area contributed by atoms with Crippen LogP contribution in [0.15, 0.2) is 76.8 Å². The lowest BCUT2D eigenvalue weighted by Crippen LogP contribution is -2.68. The van der Waals surface area contributed by atoms with Gasteiger partial charge in [-0.15, -0.1) is 0 Å². The number of aryl methyl sites for hydroxylation is 1. The molecule has 1 aromatic heterocycles. The van der Waals surface area contributed by atoms with Crippen LogP contribution >= 0.6 is 0 Å². The molecule has 11 nitrogen and oxygen atoms in total. The molecular formula is C49H61N3O8Si. The molecule has 2 fully saturated rings. The molecule has 0 amide bonds. The summed E-state index contributed by atoms with van der Waals surface area (Å²) in [5.74, 6) is -0.805. The van der Waals surface area contributed by atoms with Crippen molar-refractivity contribution in [3.05, 3.63) is 111 Å². The van der Waals surface area contributed by atoms with Gasteiger partial charge < -0.3 is 33.2 Å². The fraction of sp³-hybridized carbons (Fsp3) is 0.490. The van der Waals surface area contributed by atoms with E-state index >= 15 is 9.59 Å². The van der Waals surface area contributed by atoms with Crippen LogP contribution in [0.5, 0.6) is 17.4 Å². The largest absolute Gasteiger partial charge is 0.507 e. The Morgan fingerprint density at radius 3 is 2.18 bits per heavy atom. The highest BCUT2D eigenvalue weighted by Gasteiger charge is 2.69. The van der Waals surface area contributed by atoms with Gasteiger partial charge in [0.05, 0.1) is 18.7 Å². The van der Waals surface area contributed by atoms with Gasteiger partial charge in [0.25, 0.3) is 5.88 Å². The summed E-state index contributed by atoms with van der Waals surface area (Å²) in [5, 5.41) is 16.8. The second kappa shape index (κ2) is 16.8. The van der Waals surface area contributed by atoms with E-state index in [0.717, 1.165) is 48.3 Å². The number of carbonyl (C=O) groups excluding carboxylic acids is 2. The minimum Gasteiger partial charge on any atom is -0.507 e. The number of carbonyl (C=O) groups is 2. The highest BCUT2D eigenvalue weighted by Crippen LogP contribution is 2.60. The van der Waals surface area contributed by atoms with Gasteiger partial charge in [-0.3, -0.25) is 14.5 Å². The molecule has 1 N–H and O–H groups in total. The summed E-state index contributed by atoms with van der Waals surface area (Å²) in [7, 11) is 2.58. The van der Waals surface area contributed by atoms with Crippen LogP contribution in [-0.2, 0) is 35.3 Å². The molecule has 2 heterocycles. The van der Waals surface area contributed by atoms with Crippen molar-refractivity contribution in [3.8, 4) is 17.4 Å². The second-order valence-electron chi connectivity index (χ2n) is 19.0. The predicted octanol–water partition coefficient (Wildman–Crippen LogP) is 9.16. The van der Waals surface area contributed by atoms with Gasteiger partial charge in [-0.2, -0.15) is 0 Å². The van der Waals surface area contributed by atoms with E-state index in [-0.39, 0.29) is 41.0 Å². The molecule has 1 saturated heterocycles. The molecule has 61 heavy (non-hydrogen) atoms. The van der Waals surface area contributed by atoms with Crippen molar-refractivity contribution in [1.82, 2.24) is 15.0 Å². The zero-order valence-electron chi connectivity index (χ0n) is 37.0. The van der Waals surface area contributed by atoms with Crippen LogP contribution in [0.25, 0.3) is 5.76 Å². The number of rotatable bonds is 14. The maximum Gasteiger partial charge on any atom is 0.265 e. The number of hydrogen-bond donors (Lipinski definition) is 1. The molecule has 0 bridgehead atoms. The summed E-state index contributed by atoms with van der Waals surface area (Å²) in [6.45, 7) is 14.0. The zero-order chi connectivity index (χ0) is 43.3. The van der Waals surface area contributed by atoms with Crippen molar-refractivity contribution < 1.29 is 37.9 Å². The molecular weight excluding hydrogens is 787 g/mol. The number of benzene rings is 3. The first kappa shape index (κ1) is 42.9. The number of aliphatic hydroxyl groups excluding tert-OH is 1. The number of nitrogens with zero attached hydrogens (tertiary/aromatic N) is 3. The molecule has 0 radical (unpaired) electrons. The quantitative estimate of drug-likeness (QED) is 0.0966. The molecule has 1 saturated carbocycles. The summed E-state index contributed by atoms with van der Waals surface area (Å²) in [4.78, 5) is 36.2. The lowest BCUT2D eigenvalue weighted by atomic mass is 9.57. The monoisotopic (exact) mass is 847 g/mol. The van der Waals surface area contributed by atoms with Crippen molar-refractivity contribution in [1.29, 1.82) is 0 Å². The summed E-state index contributed by atoms with van der Waals surface area (Å²) in [6.07, 6.45) is 4.77. The molecule has 3 aromatic carbocycles. The number of fused-ring (bicyclic) bond motifs is 4. The Labute approximate surface area is 361 Å². The van der Waals surface area contributed by atoms with Crippen LogP contribution in [0.2, 0.25) is 18.1 Å². The van der Waals surface area contributed by atoms with Crippen LogP contribution in [-0.4, -0.2) is 86.4 Å². The minimum atomic E-state index is -2.91. The van der Waals surface area contributed by atoms with Crippen LogP contribution in [0, 0.1) is 11.8 Å². The van der Waals surface area contributed by atoms with Gasteiger partial charge in [0.2, 0.25) is 11.6 Å². The van der Waals surface area contributed by atoms with E-state index in [0.29, 0.717) is 42.1 Å². The van der Waals surface area contributed by atoms with Gasteiger partial charge in [-0.25, -0.2) is 0 Å². The molecule has 1 aliphatic heterocycles. The molecule has 0 spiro atoms. The Morgan fingerprint density at radius 2 is 1.57 bits per heavy atom. The van der Waals surface area contributed by atoms with Gasteiger partial charge in [-0.1, -0.05) is 81.4 Å². The van der Waals surface area contributed by atoms with E-state index in [1.807, 2.05) is 79.7 Å². The Morgan fingerprint density at radius 1 is 0.934 bits per heavy atom. The third kappa shape index (κ3) is 7.74. The third-order valence-corrected chi connectivity index (χ3v) is 18.3. The normalized spacial score (nSPS) is 22.8. The SMILES string of the molecule is COc1cc(CCCN2CCCC2)c(OCc2ccccc2)c2c1C[C@H]1C[C@H]3[C@H](N(C)C)c4onc(OCc5ccccc5)c4C(=O)C3(O[Si](C)(C)C(C)(C)C)C(=O)C1=C2O. The van der Waals surface area contributed by atoms with Crippen LogP contribution < -0.4 is 14.2 Å². The number of aliphatic hydroxyl groups is 1. The van der Waals surface area contributed by atoms with Gasteiger partial charge >= 0.3 is 0 Å². The molecule has 324 valence electrons. The lowest BCUT2D eigenvalue weighted by molar-refractivity contribution is -0.140. The Kier molecular flexibility index (Phi) is 11.9. The van der Waals surface area contributed by atoms with Gasteiger partial charge in [-0.05, 0) is 124 Å². The van der Waals surface area contributed by atoms with E-state index in [9.17, 15) is 5.11 Å². The third-order valence-electron chi connectivity index (χ3n) is 13.9. The molecule has 1 unspecified atom stereocenters. The Hall–Kier alpha value is -4.75. The smallest absolute Gasteiger partial charge is 0.265 e. The fourth-order valence-corrected chi connectivity index (χ4v) is 11.2. The minimum absolute atomic E-state index is 0.0226. The number of aromatic nitrogens is 1. The van der Waals surface area contributed by atoms with Gasteiger partial charge in [0.1, 0.15) is 36.0 Å². The second-order valence-corrected chi connectivity index (χ2v) is 23.7. The van der Waals surface area contributed by atoms with Crippen molar-refractivity contribution in [2.45, 2.75) is 102 Å². The number of ketones is 2. The molecule has 4 aliphatic rings. The van der Waals surface area contributed by atoms with Crippen LogP contribution in [0.3, 0.4) is 0 Å². The number of methoxy groups -OCH3 is 1. The van der Waals surface area contributed by atoms with Crippen molar-refractivity contribution >= 4 is 25.6 Å². The summed E-state index contributed by atoms with van der Waals surface area (Å²) < 4.78 is 32.5. The van der Waals surface area contributed by atoms with Crippen molar-refractivity contribution in [2.75, 3.05) is 40.8 Å². The Bertz CT molecular complexity index is 2290. The highest BCUT2D eigenvalue weighted by atomic mass is 28.4. The average molecular weight is 848 g/mol. The Balaban J connectivity index is 1.29. The van der Waals surface area contributed by atoms with Gasteiger partial charge in [0.15, 0.2) is 19.7 Å². The van der Waals surface area contributed by atoms with E-state index < -0.39 is 43.4 Å². The molecule has 8 rings (SSSR count). The van der Waals surface area contributed by atoms with E-state index in [4.69, 9.17) is 23.2 Å². The topological polar surface area (TPSA) is 124 Å². The molecule has 12 heteroatoms. The van der Waals surface area contributed by atoms with Crippen molar-refractivity contribution in [3.63, 3.8) is 0 Å². The number of ether oxygens (including phenoxy) is 3. The molecule has 3 aliphatic carbocycles. The van der Waals surface area contributed by atoms with Gasteiger partial charge in [0, 0.05) is 17.1 Å². The molecule has 4 atom stereocenters. The first-order chi connectivity index (χ1) is 29.2. The van der Waals surface area contributed by atoms with E-state index in [2.05, 4.69) is 50.0 Å². The number of Topliss-reactive ketones (excluding diaryl/α,β-unsaturated/α-hetero) is 2. The number of hydrogen-bond acceptors (Lipinski definition) is 11. The van der Waals surface area contributed by atoms with Crippen molar-refractivity contribution in [2.24, 2.45) is 11.8 Å². The highest BCUT2D eigenvalue weighted by molar-refractivity contribution is 6.74. The first-order valence-corrected chi connectivity index (χ1v) is 24.7. The fourth-order valence-electron chi connectivity index (χ4n) is 9.79. The van der Waals surface area contributed by atoms with E-state index in [1.165, 1.54) is 12.8 Å². The van der Waals surface area contributed by atoms with Crippen LogP contribution in [0.4, 0.5) is 0 Å². The summed E-state index contributed by atoms with van der Waals surface area (Å²) >= 11 is 0. The first-order valence-electron chi connectivity index (χ1n) is 21.8.